The molecule has 3 aromatic rings. The molecular formula is C13H13N5S. The number of hydrogen-bond donors (Lipinski definition) is 2. The SMILES string of the molecule is CNC(c1ccccc1)c1nnc(-c2cn[nH]c2)s1. The van der Waals surface area contributed by atoms with Crippen molar-refractivity contribution in [3.63, 3.8) is 0 Å². The Morgan fingerprint density at radius 2 is 2.05 bits per heavy atom. The van der Waals surface area contributed by atoms with Crippen molar-refractivity contribution in [1.82, 2.24) is 25.7 Å². The fourth-order valence-electron chi connectivity index (χ4n) is 1.91. The summed E-state index contributed by atoms with van der Waals surface area (Å²) >= 11 is 1.57. The highest BCUT2D eigenvalue weighted by Gasteiger charge is 2.17. The van der Waals surface area contributed by atoms with Crippen LogP contribution in [0.1, 0.15) is 16.6 Å². The highest BCUT2D eigenvalue weighted by molar-refractivity contribution is 7.14. The maximum atomic E-state index is 4.28. The van der Waals surface area contributed by atoms with Gasteiger partial charge in [-0.3, -0.25) is 5.10 Å². The van der Waals surface area contributed by atoms with Gasteiger partial charge in [0.15, 0.2) is 5.01 Å². The summed E-state index contributed by atoms with van der Waals surface area (Å²) in [6, 6.07) is 10.3. The molecule has 0 spiro atoms. The third-order valence-electron chi connectivity index (χ3n) is 2.85. The number of nitrogens with zero attached hydrogens (tertiary/aromatic N) is 3. The van der Waals surface area contributed by atoms with E-state index in [1.807, 2.05) is 31.4 Å². The summed E-state index contributed by atoms with van der Waals surface area (Å²) < 4.78 is 0. The molecule has 2 N–H and O–H groups in total. The predicted molar refractivity (Wildman–Crippen MR) is 74.8 cm³/mol. The molecule has 0 aliphatic carbocycles. The van der Waals surface area contributed by atoms with Crippen LogP contribution in [0.15, 0.2) is 42.7 Å². The van der Waals surface area contributed by atoms with Crippen molar-refractivity contribution in [3.05, 3.63) is 53.3 Å². The van der Waals surface area contributed by atoms with Gasteiger partial charge in [0.25, 0.3) is 0 Å². The number of benzene rings is 1. The van der Waals surface area contributed by atoms with Crippen molar-refractivity contribution in [1.29, 1.82) is 0 Å². The molecule has 0 aliphatic rings. The highest BCUT2D eigenvalue weighted by atomic mass is 32.1. The first kappa shape index (κ1) is 12.0. The lowest BCUT2D eigenvalue weighted by Gasteiger charge is -2.12. The minimum Gasteiger partial charge on any atom is -0.307 e. The van der Waals surface area contributed by atoms with Crippen LogP contribution in [0.4, 0.5) is 0 Å². The van der Waals surface area contributed by atoms with Crippen molar-refractivity contribution in [2.24, 2.45) is 0 Å². The molecule has 3 rings (SSSR count). The quantitative estimate of drug-likeness (QED) is 0.763. The van der Waals surface area contributed by atoms with Gasteiger partial charge in [-0.2, -0.15) is 5.10 Å². The number of aromatic nitrogens is 4. The zero-order valence-electron chi connectivity index (χ0n) is 10.4. The Balaban J connectivity index is 1.93. The van der Waals surface area contributed by atoms with E-state index in [1.54, 1.807) is 17.5 Å². The average molecular weight is 271 g/mol. The molecule has 2 heterocycles. The Labute approximate surface area is 114 Å². The molecule has 5 nitrogen and oxygen atoms in total. The molecule has 96 valence electrons. The van der Waals surface area contributed by atoms with Gasteiger partial charge in [0, 0.05) is 6.20 Å². The predicted octanol–water partition coefficient (Wildman–Crippen LogP) is 2.24. The van der Waals surface area contributed by atoms with Gasteiger partial charge in [0.2, 0.25) is 0 Å². The molecule has 19 heavy (non-hydrogen) atoms. The van der Waals surface area contributed by atoms with Crippen LogP contribution in [0, 0.1) is 0 Å². The van der Waals surface area contributed by atoms with E-state index in [2.05, 4.69) is 37.8 Å². The van der Waals surface area contributed by atoms with Crippen molar-refractivity contribution in [2.75, 3.05) is 7.05 Å². The van der Waals surface area contributed by atoms with Gasteiger partial charge in [0.05, 0.1) is 17.8 Å². The summed E-state index contributed by atoms with van der Waals surface area (Å²) in [4.78, 5) is 0. The van der Waals surface area contributed by atoms with Crippen molar-refractivity contribution >= 4 is 11.3 Å². The summed E-state index contributed by atoms with van der Waals surface area (Å²) in [6.45, 7) is 0. The molecule has 0 fully saturated rings. The lowest BCUT2D eigenvalue weighted by Crippen LogP contribution is -2.17. The third kappa shape index (κ3) is 2.40. The fourth-order valence-corrected chi connectivity index (χ4v) is 2.88. The average Bonchev–Trinajstić information content (AvgIpc) is 3.11. The molecule has 0 amide bonds. The molecule has 0 saturated carbocycles. The number of hydrogen-bond acceptors (Lipinski definition) is 5. The van der Waals surface area contributed by atoms with E-state index in [1.165, 1.54) is 5.56 Å². The van der Waals surface area contributed by atoms with Gasteiger partial charge in [-0.25, -0.2) is 0 Å². The Hall–Kier alpha value is -2.05. The van der Waals surface area contributed by atoms with E-state index in [0.717, 1.165) is 15.6 Å². The van der Waals surface area contributed by atoms with Crippen LogP contribution in [0.3, 0.4) is 0 Å². The summed E-state index contributed by atoms with van der Waals surface area (Å²) in [7, 11) is 1.93. The zero-order valence-corrected chi connectivity index (χ0v) is 11.2. The summed E-state index contributed by atoms with van der Waals surface area (Å²) in [5.74, 6) is 0. The standard InChI is InChI=1S/C13H13N5S/c1-14-11(9-5-3-2-4-6-9)13-18-17-12(19-13)10-7-15-16-8-10/h2-8,11,14H,1H3,(H,15,16). The first-order valence-corrected chi connectivity index (χ1v) is 6.75. The Bertz CT molecular complexity index is 632. The summed E-state index contributed by atoms with van der Waals surface area (Å²) in [6.07, 6.45) is 3.57. The van der Waals surface area contributed by atoms with Crippen LogP contribution < -0.4 is 5.32 Å². The van der Waals surface area contributed by atoms with E-state index in [0.29, 0.717) is 0 Å². The van der Waals surface area contributed by atoms with Crippen LogP contribution in [0.2, 0.25) is 0 Å². The van der Waals surface area contributed by atoms with Crippen molar-refractivity contribution in [2.45, 2.75) is 6.04 Å². The molecule has 6 heteroatoms. The minimum atomic E-state index is 0.0688. The molecule has 2 aromatic heterocycles. The third-order valence-corrected chi connectivity index (χ3v) is 3.89. The maximum Gasteiger partial charge on any atom is 0.151 e. The molecule has 0 radical (unpaired) electrons. The second kappa shape index (κ2) is 5.29. The number of rotatable bonds is 4. The van der Waals surface area contributed by atoms with Gasteiger partial charge in [0.1, 0.15) is 5.01 Å². The van der Waals surface area contributed by atoms with Crippen molar-refractivity contribution < 1.29 is 0 Å². The van der Waals surface area contributed by atoms with E-state index >= 15 is 0 Å². The van der Waals surface area contributed by atoms with Crippen LogP contribution >= 0.6 is 11.3 Å². The number of H-pyrrole nitrogens is 1. The Morgan fingerprint density at radius 1 is 1.21 bits per heavy atom. The topological polar surface area (TPSA) is 66.5 Å². The number of nitrogens with one attached hydrogen (secondary N) is 2. The molecular weight excluding hydrogens is 258 g/mol. The van der Waals surface area contributed by atoms with E-state index in [9.17, 15) is 0 Å². The molecule has 0 saturated heterocycles. The first-order chi connectivity index (χ1) is 9.38. The molecule has 0 bridgehead atoms. The number of aromatic amines is 1. The second-order valence-electron chi connectivity index (χ2n) is 4.06. The van der Waals surface area contributed by atoms with Crippen molar-refractivity contribution in [3.8, 4) is 10.6 Å². The second-order valence-corrected chi connectivity index (χ2v) is 5.07. The molecule has 1 atom stereocenters. The summed E-state index contributed by atoms with van der Waals surface area (Å²) in [5.41, 5.74) is 2.14. The van der Waals surface area contributed by atoms with Crippen LogP contribution in [0.5, 0.6) is 0 Å². The van der Waals surface area contributed by atoms with Gasteiger partial charge in [-0.15, -0.1) is 10.2 Å². The maximum absolute atomic E-state index is 4.28. The normalized spacial score (nSPS) is 12.5. The monoisotopic (exact) mass is 271 g/mol. The fraction of sp³-hybridized carbons (Fsp3) is 0.154. The first-order valence-electron chi connectivity index (χ1n) is 5.93. The van der Waals surface area contributed by atoms with Crippen LogP contribution in [-0.2, 0) is 0 Å². The van der Waals surface area contributed by atoms with E-state index in [4.69, 9.17) is 0 Å². The molecule has 1 aromatic carbocycles. The largest absolute Gasteiger partial charge is 0.307 e. The van der Waals surface area contributed by atoms with Gasteiger partial charge in [-0.05, 0) is 12.6 Å². The van der Waals surface area contributed by atoms with Gasteiger partial charge >= 0.3 is 0 Å². The minimum absolute atomic E-state index is 0.0688. The lowest BCUT2D eigenvalue weighted by molar-refractivity contribution is 0.678. The highest BCUT2D eigenvalue weighted by Crippen LogP contribution is 2.29. The smallest absolute Gasteiger partial charge is 0.151 e. The summed E-state index contributed by atoms with van der Waals surface area (Å²) in [5, 5.41) is 20.3. The Morgan fingerprint density at radius 3 is 2.74 bits per heavy atom. The lowest BCUT2D eigenvalue weighted by atomic mass is 10.1. The Kier molecular flexibility index (Phi) is 3.35. The van der Waals surface area contributed by atoms with Crippen LogP contribution in [-0.4, -0.2) is 27.4 Å². The molecule has 1 unspecified atom stereocenters. The molecule has 0 aliphatic heterocycles. The van der Waals surface area contributed by atoms with Crippen LogP contribution in [0.25, 0.3) is 10.6 Å². The zero-order chi connectivity index (χ0) is 13.1. The van der Waals surface area contributed by atoms with E-state index in [-0.39, 0.29) is 6.04 Å². The van der Waals surface area contributed by atoms with Gasteiger partial charge < -0.3 is 5.32 Å². The van der Waals surface area contributed by atoms with E-state index < -0.39 is 0 Å². The van der Waals surface area contributed by atoms with Gasteiger partial charge in [-0.1, -0.05) is 41.7 Å².